The van der Waals surface area contributed by atoms with Gasteiger partial charge < -0.3 is 14.1 Å². The molecule has 1 fully saturated rings. The average molecular weight is 368 g/mol. The first-order chi connectivity index (χ1) is 12.8. The van der Waals surface area contributed by atoms with Gasteiger partial charge in [0.1, 0.15) is 28.3 Å². The van der Waals surface area contributed by atoms with Crippen molar-refractivity contribution >= 4 is 17.2 Å². The second kappa shape index (κ2) is 7.43. The number of rotatable bonds is 4. The van der Waals surface area contributed by atoms with Gasteiger partial charge in [0.15, 0.2) is 0 Å². The number of carbonyl (C=O) groups excluding carboxylic acids is 1. The van der Waals surface area contributed by atoms with E-state index in [4.69, 9.17) is 9.15 Å². The normalized spacial score (nSPS) is 17.4. The number of amides is 1. The number of nitrogens with zero attached hydrogens (tertiary/aromatic N) is 2. The van der Waals surface area contributed by atoms with Crippen LogP contribution >= 0.6 is 11.3 Å². The molecule has 1 saturated heterocycles. The molecule has 3 heterocycles. The fourth-order valence-electron chi connectivity index (χ4n) is 3.08. The predicted molar refractivity (Wildman–Crippen MR) is 100 cm³/mol. The largest absolute Gasteiger partial charge is 0.464 e. The summed E-state index contributed by atoms with van der Waals surface area (Å²) in [4.78, 5) is 19.4. The number of aromatic nitrogens is 1. The van der Waals surface area contributed by atoms with Crippen LogP contribution < -0.4 is 0 Å². The second-order valence-electron chi connectivity index (χ2n) is 6.15. The van der Waals surface area contributed by atoms with Gasteiger partial charge in [-0.25, -0.2) is 4.98 Å². The standard InChI is InChI=1S/C20H20N2O3S/c1-2-15-8-9-18(25-15)17-12-24-11-10-22(17)20(23)16-13-26-19(21-16)14-6-4-3-5-7-14/h3-9,13,17H,2,10-12H2,1H3. The molecule has 1 amide bonds. The van der Waals surface area contributed by atoms with Crippen LogP contribution in [-0.4, -0.2) is 35.5 Å². The van der Waals surface area contributed by atoms with E-state index >= 15 is 0 Å². The van der Waals surface area contributed by atoms with Gasteiger partial charge >= 0.3 is 0 Å². The summed E-state index contributed by atoms with van der Waals surface area (Å²) in [6.07, 6.45) is 0.827. The highest BCUT2D eigenvalue weighted by Gasteiger charge is 2.32. The first kappa shape index (κ1) is 17.0. The highest BCUT2D eigenvalue weighted by Crippen LogP contribution is 2.29. The van der Waals surface area contributed by atoms with Crippen molar-refractivity contribution in [2.75, 3.05) is 19.8 Å². The summed E-state index contributed by atoms with van der Waals surface area (Å²) in [6.45, 7) is 3.55. The molecule has 1 atom stereocenters. The lowest BCUT2D eigenvalue weighted by Gasteiger charge is -2.33. The summed E-state index contributed by atoms with van der Waals surface area (Å²) in [6, 6.07) is 13.6. The van der Waals surface area contributed by atoms with Crippen molar-refractivity contribution in [3.8, 4) is 10.6 Å². The number of morpholine rings is 1. The first-order valence-corrected chi connectivity index (χ1v) is 9.62. The van der Waals surface area contributed by atoms with Gasteiger partial charge in [0.05, 0.1) is 13.2 Å². The Labute approximate surface area is 156 Å². The Kier molecular flexibility index (Phi) is 4.86. The van der Waals surface area contributed by atoms with E-state index in [1.807, 2.05) is 59.7 Å². The van der Waals surface area contributed by atoms with E-state index in [-0.39, 0.29) is 11.9 Å². The van der Waals surface area contributed by atoms with E-state index in [2.05, 4.69) is 4.98 Å². The Morgan fingerprint density at radius 3 is 2.88 bits per heavy atom. The Balaban J connectivity index is 1.58. The zero-order chi connectivity index (χ0) is 17.9. The summed E-state index contributed by atoms with van der Waals surface area (Å²) >= 11 is 1.49. The number of benzene rings is 1. The lowest BCUT2D eigenvalue weighted by atomic mass is 10.1. The van der Waals surface area contributed by atoms with E-state index in [0.717, 1.165) is 28.5 Å². The quantitative estimate of drug-likeness (QED) is 0.693. The Morgan fingerprint density at radius 2 is 2.12 bits per heavy atom. The average Bonchev–Trinajstić information content (AvgIpc) is 3.38. The Morgan fingerprint density at radius 1 is 1.27 bits per heavy atom. The van der Waals surface area contributed by atoms with Crippen molar-refractivity contribution in [1.82, 2.24) is 9.88 Å². The lowest BCUT2D eigenvalue weighted by Crippen LogP contribution is -2.43. The van der Waals surface area contributed by atoms with E-state index < -0.39 is 0 Å². The van der Waals surface area contributed by atoms with Gasteiger partial charge in [-0.15, -0.1) is 11.3 Å². The number of thiazole rings is 1. The van der Waals surface area contributed by atoms with E-state index in [0.29, 0.717) is 25.5 Å². The van der Waals surface area contributed by atoms with Crippen molar-refractivity contribution in [2.45, 2.75) is 19.4 Å². The summed E-state index contributed by atoms with van der Waals surface area (Å²) < 4.78 is 11.5. The topological polar surface area (TPSA) is 55.6 Å². The molecule has 6 heteroatoms. The van der Waals surface area contributed by atoms with Gasteiger partial charge in [-0.3, -0.25) is 4.79 Å². The fourth-order valence-corrected chi connectivity index (χ4v) is 3.88. The highest BCUT2D eigenvalue weighted by molar-refractivity contribution is 7.13. The number of hydrogen-bond acceptors (Lipinski definition) is 5. The van der Waals surface area contributed by atoms with Crippen molar-refractivity contribution in [1.29, 1.82) is 0 Å². The third-order valence-corrected chi connectivity index (χ3v) is 5.38. The van der Waals surface area contributed by atoms with Gasteiger partial charge in [0.2, 0.25) is 0 Å². The monoisotopic (exact) mass is 368 g/mol. The molecule has 4 rings (SSSR count). The maximum atomic E-state index is 13.1. The Hall–Kier alpha value is -2.44. The van der Waals surface area contributed by atoms with Gasteiger partial charge in [0, 0.05) is 23.9 Å². The van der Waals surface area contributed by atoms with Crippen LogP contribution in [0.2, 0.25) is 0 Å². The molecule has 0 bridgehead atoms. The molecule has 0 radical (unpaired) electrons. The molecule has 1 aliphatic heterocycles. The summed E-state index contributed by atoms with van der Waals surface area (Å²) in [7, 11) is 0. The summed E-state index contributed by atoms with van der Waals surface area (Å²) in [5.74, 6) is 1.61. The molecular weight excluding hydrogens is 348 g/mol. The van der Waals surface area contributed by atoms with E-state index in [1.165, 1.54) is 11.3 Å². The number of furan rings is 1. The molecule has 0 saturated carbocycles. The molecule has 5 nitrogen and oxygen atoms in total. The fraction of sp³-hybridized carbons (Fsp3) is 0.300. The number of aryl methyl sites for hydroxylation is 1. The van der Waals surface area contributed by atoms with Crippen LogP contribution in [0.25, 0.3) is 10.6 Å². The van der Waals surface area contributed by atoms with Crippen LogP contribution in [0.15, 0.2) is 52.3 Å². The minimum absolute atomic E-state index is 0.0776. The van der Waals surface area contributed by atoms with Crippen LogP contribution in [0.3, 0.4) is 0 Å². The molecule has 134 valence electrons. The second-order valence-corrected chi connectivity index (χ2v) is 7.01. The van der Waals surface area contributed by atoms with Gasteiger partial charge in [-0.2, -0.15) is 0 Å². The minimum Gasteiger partial charge on any atom is -0.464 e. The number of ether oxygens (including phenoxy) is 1. The molecule has 2 aromatic heterocycles. The minimum atomic E-state index is -0.210. The van der Waals surface area contributed by atoms with Crippen molar-refractivity contribution in [3.63, 3.8) is 0 Å². The van der Waals surface area contributed by atoms with E-state index in [1.54, 1.807) is 0 Å². The summed E-state index contributed by atoms with van der Waals surface area (Å²) in [5.41, 5.74) is 1.50. The molecule has 0 spiro atoms. The van der Waals surface area contributed by atoms with Crippen molar-refractivity contribution in [3.05, 3.63) is 65.1 Å². The SMILES string of the molecule is CCc1ccc(C2COCCN2C(=O)c2csc(-c3ccccc3)n2)o1. The molecular formula is C20H20N2O3S. The number of carbonyl (C=O) groups is 1. The molecule has 0 aliphatic carbocycles. The number of hydrogen-bond donors (Lipinski definition) is 0. The van der Waals surface area contributed by atoms with Gasteiger partial charge in [0.25, 0.3) is 5.91 Å². The van der Waals surface area contributed by atoms with Crippen LogP contribution in [0, 0.1) is 0 Å². The van der Waals surface area contributed by atoms with Crippen LogP contribution in [0.1, 0.15) is 35.0 Å². The van der Waals surface area contributed by atoms with Crippen molar-refractivity contribution < 1.29 is 13.9 Å². The first-order valence-electron chi connectivity index (χ1n) is 8.74. The van der Waals surface area contributed by atoms with Crippen LogP contribution in [0.5, 0.6) is 0 Å². The van der Waals surface area contributed by atoms with Gasteiger partial charge in [-0.1, -0.05) is 37.3 Å². The third kappa shape index (κ3) is 3.30. The zero-order valence-corrected chi connectivity index (χ0v) is 15.4. The maximum Gasteiger partial charge on any atom is 0.274 e. The lowest BCUT2D eigenvalue weighted by molar-refractivity contribution is -0.00926. The zero-order valence-electron chi connectivity index (χ0n) is 14.6. The smallest absolute Gasteiger partial charge is 0.274 e. The molecule has 1 aromatic carbocycles. The predicted octanol–water partition coefficient (Wildman–Crippen LogP) is 4.18. The molecule has 3 aromatic rings. The molecule has 1 unspecified atom stereocenters. The summed E-state index contributed by atoms with van der Waals surface area (Å²) in [5, 5.41) is 2.68. The van der Waals surface area contributed by atoms with E-state index in [9.17, 15) is 4.79 Å². The van der Waals surface area contributed by atoms with Crippen molar-refractivity contribution in [2.24, 2.45) is 0 Å². The molecule has 0 N–H and O–H groups in total. The van der Waals surface area contributed by atoms with Gasteiger partial charge in [-0.05, 0) is 12.1 Å². The maximum absolute atomic E-state index is 13.1. The Bertz CT molecular complexity index is 887. The van der Waals surface area contributed by atoms with Crippen LogP contribution in [-0.2, 0) is 11.2 Å². The highest BCUT2D eigenvalue weighted by atomic mass is 32.1. The van der Waals surface area contributed by atoms with Crippen LogP contribution in [0.4, 0.5) is 0 Å². The molecule has 26 heavy (non-hydrogen) atoms. The molecule has 1 aliphatic rings. The third-order valence-electron chi connectivity index (χ3n) is 4.49.